The summed E-state index contributed by atoms with van der Waals surface area (Å²) in [6, 6.07) is 8.18. The molecule has 0 spiro atoms. The van der Waals surface area contributed by atoms with E-state index in [9.17, 15) is 4.79 Å². The van der Waals surface area contributed by atoms with Crippen LogP contribution < -0.4 is 11.1 Å². The fraction of sp³-hybridized carbons (Fsp3) is 0.357. The van der Waals surface area contributed by atoms with Crippen molar-refractivity contribution in [2.24, 2.45) is 5.73 Å². The Hall–Kier alpha value is -1.79. The molecule has 1 aromatic carbocycles. The first-order valence-electron chi connectivity index (χ1n) is 5.79. The maximum atomic E-state index is 11.4. The number of carbonyl (C=O) groups excluding carboxylic acids is 1. The van der Waals surface area contributed by atoms with Crippen LogP contribution in [0.1, 0.15) is 30.7 Å². The van der Waals surface area contributed by atoms with Gasteiger partial charge in [-0.2, -0.15) is 0 Å². The first-order valence-corrected chi connectivity index (χ1v) is 5.79. The summed E-state index contributed by atoms with van der Waals surface area (Å²) in [6.45, 7) is 0. The van der Waals surface area contributed by atoms with Crippen molar-refractivity contribution >= 4 is 11.6 Å². The van der Waals surface area contributed by atoms with E-state index in [0.29, 0.717) is 24.8 Å². The minimum Gasteiger partial charge on any atom is -0.327 e. The van der Waals surface area contributed by atoms with E-state index in [0.717, 1.165) is 12.1 Å². The maximum absolute atomic E-state index is 11.4. The van der Waals surface area contributed by atoms with Crippen molar-refractivity contribution in [1.29, 1.82) is 0 Å². The van der Waals surface area contributed by atoms with Crippen LogP contribution in [0.4, 0.5) is 5.69 Å². The zero-order valence-corrected chi connectivity index (χ0v) is 9.65. The molecule has 0 bridgehead atoms. The lowest BCUT2D eigenvalue weighted by molar-refractivity contribution is -0.116. The minimum absolute atomic E-state index is 0.0428. The Bertz CT molecular complexity index is 444. The number of terminal acetylenes is 1. The Morgan fingerprint density at radius 1 is 1.47 bits per heavy atom. The van der Waals surface area contributed by atoms with Crippen molar-refractivity contribution < 1.29 is 4.79 Å². The molecule has 1 aliphatic rings. The summed E-state index contributed by atoms with van der Waals surface area (Å²) in [5, 5.41) is 2.81. The van der Waals surface area contributed by atoms with Gasteiger partial charge in [0.2, 0.25) is 5.91 Å². The van der Waals surface area contributed by atoms with Crippen molar-refractivity contribution in [3.63, 3.8) is 0 Å². The van der Waals surface area contributed by atoms with Crippen LogP contribution in [0.3, 0.4) is 0 Å². The van der Waals surface area contributed by atoms with E-state index in [1.807, 2.05) is 24.3 Å². The van der Waals surface area contributed by atoms with Gasteiger partial charge in [0.25, 0.3) is 0 Å². The van der Waals surface area contributed by atoms with Gasteiger partial charge in [-0.05, 0) is 24.1 Å². The monoisotopic (exact) mass is 228 g/mol. The van der Waals surface area contributed by atoms with E-state index in [-0.39, 0.29) is 5.91 Å². The first kappa shape index (κ1) is 11.7. The Labute approximate surface area is 101 Å². The van der Waals surface area contributed by atoms with E-state index >= 15 is 0 Å². The molecule has 88 valence electrons. The van der Waals surface area contributed by atoms with Crippen LogP contribution in [0.5, 0.6) is 0 Å². The smallest absolute Gasteiger partial charge is 0.225 e. The molecule has 1 saturated carbocycles. The highest BCUT2D eigenvalue weighted by atomic mass is 16.1. The Balaban J connectivity index is 1.90. The highest BCUT2D eigenvalue weighted by Gasteiger charge is 2.34. The van der Waals surface area contributed by atoms with Crippen LogP contribution in [-0.2, 0) is 4.79 Å². The van der Waals surface area contributed by atoms with Crippen molar-refractivity contribution in [3.8, 4) is 12.3 Å². The number of hydrogen-bond acceptors (Lipinski definition) is 2. The Morgan fingerprint density at radius 3 is 2.65 bits per heavy atom. The zero-order valence-electron chi connectivity index (χ0n) is 9.65. The van der Waals surface area contributed by atoms with E-state index < -0.39 is 0 Å². The SMILES string of the molecule is C#CCCC(=O)Nc1ccc([C@@H]2C[C@H]2N)cc1. The molecule has 2 atom stereocenters. The number of nitrogens with two attached hydrogens (primary N) is 1. The van der Waals surface area contributed by atoms with Gasteiger partial charge >= 0.3 is 0 Å². The van der Waals surface area contributed by atoms with E-state index in [1.165, 1.54) is 5.56 Å². The van der Waals surface area contributed by atoms with E-state index in [2.05, 4.69) is 11.2 Å². The Kier molecular flexibility index (Phi) is 3.46. The van der Waals surface area contributed by atoms with Gasteiger partial charge in [0.05, 0.1) is 0 Å². The largest absolute Gasteiger partial charge is 0.327 e. The summed E-state index contributed by atoms with van der Waals surface area (Å²) in [5.41, 5.74) is 7.84. The molecule has 3 nitrogen and oxygen atoms in total. The lowest BCUT2D eigenvalue weighted by Crippen LogP contribution is -2.10. The molecule has 3 heteroatoms. The average Bonchev–Trinajstić information content (AvgIpc) is 3.05. The molecule has 0 radical (unpaired) electrons. The number of carbonyl (C=O) groups is 1. The maximum Gasteiger partial charge on any atom is 0.225 e. The van der Waals surface area contributed by atoms with Gasteiger partial charge in [-0.25, -0.2) is 0 Å². The fourth-order valence-corrected chi connectivity index (χ4v) is 1.82. The van der Waals surface area contributed by atoms with Crippen LogP contribution in [0.2, 0.25) is 0 Å². The molecule has 1 fully saturated rings. The van der Waals surface area contributed by atoms with Gasteiger partial charge in [-0.3, -0.25) is 4.79 Å². The molecule has 0 heterocycles. The normalized spacial score (nSPS) is 21.6. The summed E-state index contributed by atoms with van der Waals surface area (Å²) in [6.07, 6.45) is 7.00. The second-order valence-electron chi connectivity index (χ2n) is 4.38. The zero-order chi connectivity index (χ0) is 12.3. The molecule has 17 heavy (non-hydrogen) atoms. The third-order valence-corrected chi connectivity index (χ3v) is 2.96. The molecule has 0 aromatic heterocycles. The molecular weight excluding hydrogens is 212 g/mol. The minimum atomic E-state index is -0.0428. The summed E-state index contributed by atoms with van der Waals surface area (Å²) in [4.78, 5) is 11.4. The summed E-state index contributed by atoms with van der Waals surface area (Å²) >= 11 is 0. The first-order chi connectivity index (χ1) is 8.20. The van der Waals surface area contributed by atoms with Crippen LogP contribution in [0, 0.1) is 12.3 Å². The van der Waals surface area contributed by atoms with Crippen molar-refractivity contribution in [2.75, 3.05) is 5.32 Å². The molecule has 0 unspecified atom stereocenters. The van der Waals surface area contributed by atoms with Gasteiger partial charge in [-0.1, -0.05) is 12.1 Å². The number of rotatable bonds is 4. The second kappa shape index (κ2) is 5.03. The standard InChI is InChI=1S/C14H16N2O/c1-2-3-4-14(17)16-11-7-5-10(6-8-11)12-9-13(12)15/h1,5-8,12-13H,3-4,9,15H2,(H,16,17)/t12-,13+/m0/s1. The molecule has 0 aliphatic heterocycles. The molecule has 1 aromatic rings. The molecule has 1 aliphatic carbocycles. The number of anilines is 1. The van der Waals surface area contributed by atoms with E-state index in [1.54, 1.807) is 0 Å². The molecule has 0 saturated heterocycles. The van der Waals surface area contributed by atoms with Crippen molar-refractivity contribution in [1.82, 2.24) is 0 Å². The number of hydrogen-bond donors (Lipinski definition) is 2. The average molecular weight is 228 g/mol. The van der Waals surface area contributed by atoms with Gasteiger partial charge in [0, 0.05) is 30.5 Å². The quantitative estimate of drug-likeness (QED) is 0.773. The second-order valence-corrected chi connectivity index (χ2v) is 4.38. The Morgan fingerprint density at radius 2 is 2.12 bits per heavy atom. The molecule has 3 N–H and O–H groups in total. The van der Waals surface area contributed by atoms with E-state index in [4.69, 9.17) is 12.2 Å². The molecule has 1 amide bonds. The van der Waals surface area contributed by atoms with Crippen LogP contribution in [0.25, 0.3) is 0 Å². The highest BCUT2D eigenvalue weighted by Crippen LogP contribution is 2.39. The van der Waals surface area contributed by atoms with Crippen LogP contribution in [-0.4, -0.2) is 11.9 Å². The molecular formula is C14H16N2O. The van der Waals surface area contributed by atoms with Crippen molar-refractivity contribution in [3.05, 3.63) is 29.8 Å². The highest BCUT2D eigenvalue weighted by molar-refractivity contribution is 5.90. The lowest BCUT2D eigenvalue weighted by Gasteiger charge is -2.05. The lowest BCUT2D eigenvalue weighted by atomic mass is 10.1. The topological polar surface area (TPSA) is 55.1 Å². The van der Waals surface area contributed by atoms with Gasteiger partial charge in [-0.15, -0.1) is 12.3 Å². The number of nitrogens with one attached hydrogen (secondary N) is 1. The predicted octanol–water partition coefficient (Wildman–Crippen LogP) is 1.85. The van der Waals surface area contributed by atoms with Gasteiger partial charge in [0.15, 0.2) is 0 Å². The predicted molar refractivity (Wildman–Crippen MR) is 68.5 cm³/mol. The number of amides is 1. The number of benzene rings is 1. The molecule has 2 rings (SSSR count). The van der Waals surface area contributed by atoms with Crippen molar-refractivity contribution in [2.45, 2.75) is 31.2 Å². The third kappa shape index (κ3) is 3.08. The van der Waals surface area contributed by atoms with Gasteiger partial charge in [0.1, 0.15) is 0 Å². The third-order valence-electron chi connectivity index (χ3n) is 2.96. The summed E-state index contributed by atoms with van der Waals surface area (Å²) < 4.78 is 0. The fourth-order valence-electron chi connectivity index (χ4n) is 1.82. The summed E-state index contributed by atoms with van der Waals surface area (Å²) in [5.74, 6) is 2.91. The van der Waals surface area contributed by atoms with Gasteiger partial charge < -0.3 is 11.1 Å². The van der Waals surface area contributed by atoms with Crippen LogP contribution in [0.15, 0.2) is 24.3 Å². The van der Waals surface area contributed by atoms with Crippen LogP contribution >= 0.6 is 0 Å². The summed E-state index contributed by atoms with van der Waals surface area (Å²) in [7, 11) is 0.